The van der Waals surface area contributed by atoms with Gasteiger partial charge >= 0.3 is 12.0 Å². The van der Waals surface area contributed by atoms with Crippen molar-refractivity contribution in [1.82, 2.24) is 15.1 Å². The lowest BCUT2D eigenvalue weighted by molar-refractivity contribution is -0.147. The third-order valence-electron chi connectivity index (χ3n) is 4.38. The Morgan fingerprint density at radius 3 is 2.74 bits per heavy atom. The van der Waals surface area contributed by atoms with Crippen LogP contribution in [0.4, 0.5) is 4.79 Å². The van der Waals surface area contributed by atoms with Gasteiger partial charge in [0.15, 0.2) is 0 Å². The molecule has 6 heteroatoms. The lowest BCUT2D eigenvalue weighted by Gasteiger charge is -2.31. The molecule has 0 radical (unpaired) electrons. The fourth-order valence-corrected chi connectivity index (χ4v) is 3.03. The minimum Gasteiger partial charge on any atom is -0.480 e. The summed E-state index contributed by atoms with van der Waals surface area (Å²) in [5.41, 5.74) is -1.05. The van der Waals surface area contributed by atoms with Crippen molar-refractivity contribution in [2.45, 2.75) is 31.7 Å². The molecule has 2 rings (SSSR count). The number of carboxylic acid groups (broad SMARTS) is 1. The second-order valence-electron chi connectivity index (χ2n) is 5.94. The van der Waals surface area contributed by atoms with Crippen molar-refractivity contribution in [2.24, 2.45) is 5.92 Å². The predicted molar refractivity (Wildman–Crippen MR) is 71.0 cm³/mol. The van der Waals surface area contributed by atoms with E-state index in [1.807, 2.05) is 0 Å². The summed E-state index contributed by atoms with van der Waals surface area (Å²) in [5, 5.41) is 12.2. The maximum Gasteiger partial charge on any atom is 0.329 e. The van der Waals surface area contributed by atoms with Gasteiger partial charge in [0.2, 0.25) is 0 Å². The van der Waals surface area contributed by atoms with E-state index in [-0.39, 0.29) is 6.03 Å². The molecule has 2 saturated heterocycles. The molecule has 2 amide bonds. The maximum atomic E-state index is 12.1. The molecule has 2 N–H and O–H groups in total. The predicted octanol–water partition coefficient (Wildman–Crippen LogP) is 0.587. The van der Waals surface area contributed by atoms with Crippen LogP contribution < -0.4 is 5.32 Å². The number of likely N-dealkylation sites (tertiary alicyclic amines) is 2. The Morgan fingerprint density at radius 2 is 2.16 bits per heavy atom. The number of amides is 2. The van der Waals surface area contributed by atoms with Crippen molar-refractivity contribution in [3.63, 3.8) is 0 Å². The minimum atomic E-state index is -1.05. The van der Waals surface area contributed by atoms with Crippen LogP contribution in [0.15, 0.2) is 0 Å². The Bertz CT molecular complexity index is 374. The second kappa shape index (κ2) is 5.36. The van der Waals surface area contributed by atoms with E-state index in [1.54, 1.807) is 6.92 Å². The molecule has 2 aliphatic heterocycles. The van der Waals surface area contributed by atoms with Gasteiger partial charge in [-0.3, -0.25) is 0 Å². The summed E-state index contributed by atoms with van der Waals surface area (Å²) in [6.45, 7) is 4.85. The smallest absolute Gasteiger partial charge is 0.329 e. The van der Waals surface area contributed by atoms with Gasteiger partial charge in [0.05, 0.1) is 0 Å². The topological polar surface area (TPSA) is 72.9 Å². The van der Waals surface area contributed by atoms with Gasteiger partial charge in [-0.15, -0.1) is 0 Å². The number of carboxylic acids is 1. The van der Waals surface area contributed by atoms with Crippen molar-refractivity contribution in [2.75, 3.05) is 33.2 Å². The fraction of sp³-hybridized carbons (Fsp3) is 0.846. The third-order valence-corrected chi connectivity index (χ3v) is 4.38. The Morgan fingerprint density at radius 1 is 1.42 bits per heavy atom. The van der Waals surface area contributed by atoms with Crippen LogP contribution in [0.25, 0.3) is 0 Å². The first-order valence-corrected chi connectivity index (χ1v) is 6.91. The number of nitrogens with zero attached hydrogens (tertiary/aromatic N) is 2. The number of hydrogen-bond acceptors (Lipinski definition) is 3. The molecular formula is C13H23N3O3. The summed E-state index contributed by atoms with van der Waals surface area (Å²) < 4.78 is 0. The van der Waals surface area contributed by atoms with Gasteiger partial charge in [-0.2, -0.15) is 0 Å². The van der Waals surface area contributed by atoms with E-state index in [0.29, 0.717) is 25.4 Å². The van der Waals surface area contributed by atoms with Crippen molar-refractivity contribution >= 4 is 12.0 Å². The van der Waals surface area contributed by atoms with E-state index in [0.717, 1.165) is 25.9 Å². The molecule has 0 aromatic carbocycles. The Hall–Kier alpha value is -1.30. The van der Waals surface area contributed by atoms with E-state index in [2.05, 4.69) is 17.3 Å². The largest absolute Gasteiger partial charge is 0.480 e. The first kappa shape index (κ1) is 14.1. The maximum absolute atomic E-state index is 12.1. The molecule has 2 heterocycles. The van der Waals surface area contributed by atoms with Gasteiger partial charge in [-0.1, -0.05) is 0 Å². The standard InChI is InChI=1S/C13H23N3O3/c1-13(11(17)18)5-3-6-16(13)12(19)14-8-10-4-7-15(2)9-10/h10H,3-9H2,1-2H3,(H,14,19)(H,17,18). The van der Waals surface area contributed by atoms with Crippen molar-refractivity contribution < 1.29 is 14.7 Å². The Balaban J connectivity index is 1.87. The van der Waals surface area contributed by atoms with Crippen LogP contribution in [0.3, 0.4) is 0 Å². The zero-order valence-electron chi connectivity index (χ0n) is 11.7. The number of hydrogen-bond donors (Lipinski definition) is 2. The zero-order chi connectivity index (χ0) is 14.0. The number of carbonyl (C=O) groups excluding carboxylic acids is 1. The average Bonchev–Trinajstić information content (AvgIpc) is 2.93. The highest BCUT2D eigenvalue weighted by Gasteiger charge is 2.46. The summed E-state index contributed by atoms with van der Waals surface area (Å²) in [4.78, 5) is 27.2. The Kier molecular flexibility index (Phi) is 3.99. The summed E-state index contributed by atoms with van der Waals surface area (Å²) in [6, 6.07) is -0.239. The number of aliphatic carboxylic acids is 1. The monoisotopic (exact) mass is 269 g/mol. The SMILES string of the molecule is CN1CCC(CNC(=O)N2CCCC2(C)C(=O)O)C1. The molecule has 0 aromatic heterocycles. The van der Waals surface area contributed by atoms with Gasteiger partial charge in [0.25, 0.3) is 0 Å². The van der Waals surface area contributed by atoms with E-state index in [9.17, 15) is 14.7 Å². The molecule has 19 heavy (non-hydrogen) atoms. The quantitative estimate of drug-likeness (QED) is 0.786. The summed E-state index contributed by atoms with van der Waals surface area (Å²) in [6.07, 6.45) is 2.37. The highest BCUT2D eigenvalue weighted by atomic mass is 16.4. The van der Waals surface area contributed by atoms with Gasteiger partial charge < -0.3 is 20.2 Å². The molecule has 0 aliphatic carbocycles. The third kappa shape index (κ3) is 2.83. The van der Waals surface area contributed by atoms with Crippen molar-refractivity contribution in [3.05, 3.63) is 0 Å². The van der Waals surface area contributed by atoms with E-state index in [1.165, 1.54) is 4.90 Å². The van der Waals surface area contributed by atoms with Crippen LogP contribution in [-0.4, -0.2) is 65.7 Å². The van der Waals surface area contributed by atoms with Crippen molar-refractivity contribution in [3.8, 4) is 0 Å². The van der Waals surface area contributed by atoms with Crippen LogP contribution in [0, 0.1) is 5.92 Å². The molecule has 0 bridgehead atoms. The number of rotatable bonds is 3. The van der Waals surface area contributed by atoms with Crippen LogP contribution in [0.2, 0.25) is 0 Å². The van der Waals surface area contributed by atoms with E-state index < -0.39 is 11.5 Å². The van der Waals surface area contributed by atoms with Gasteiger partial charge in [-0.05, 0) is 45.7 Å². The minimum absolute atomic E-state index is 0.239. The first-order chi connectivity index (χ1) is 8.93. The molecule has 2 aliphatic rings. The highest BCUT2D eigenvalue weighted by molar-refractivity contribution is 5.86. The first-order valence-electron chi connectivity index (χ1n) is 6.91. The van der Waals surface area contributed by atoms with Gasteiger partial charge in [0.1, 0.15) is 5.54 Å². The lowest BCUT2D eigenvalue weighted by atomic mass is 10.00. The second-order valence-corrected chi connectivity index (χ2v) is 5.94. The Labute approximate surface area is 113 Å². The van der Waals surface area contributed by atoms with Crippen LogP contribution in [0.1, 0.15) is 26.2 Å². The molecule has 0 aromatic rings. The summed E-state index contributed by atoms with van der Waals surface area (Å²) in [7, 11) is 2.07. The van der Waals surface area contributed by atoms with Crippen LogP contribution >= 0.6 is 0 Å². The number of urea groups is 1. The lowest BCUT2D eigenvalue weighted by Crippen LogP contribution is -2.54. The molecule has 0 spiro atoms. The van der Waals surface area contributed by atoms with Crippen LogP contribution in [0.5, 0.6) is 0 Å². The molecular weight excluding hydrogens is 246 g/mol. The molecule has 2 atom stereocenters. The number of carbonyl (C=O) groups is 2. The normalized spacial score (nSPS) is 31.7. The van der Waals surface area contributed by atoms with E-state index >= 15 is 0 Å². The van der Waals surface area contributed by atoms with Gasteiger partial charge in [-0.25, -0.2) is 9.59 Å². The highest BCUT2D eigenvalue weighted by Crippen LogP contribution is 2.29. The zero-order valence-corrected chi connectivity index (χ0v) is 11.7. The number of nitrogens with one attached hydrogen (secondary N) is 1. The molecule has 6 nitrogen and oxygen atoms in total. The van der Waals surface area contributed by atoms with Gasteiger partial charge in [0, 0.05) is 19.6 Å². The molecule has 0 saturated carbocycles. The van der Waals surface area contributed by atoms with E-state index in [4.69, 9.17) is 0 Å². The average molecular weight is 269 g/mol. The van der Waals surface area contributed by atoms with Crippen molar-refractivity contribution in [1.29, 1.82) is 0 Å². The van der Waals surface area contributed by atoms with Crippen LogP contribution in [-0.2, 0) is 4.79 Å². The molecule has 108 valence electrons. The fourth-order valence-electron chi connectivity index (χ4n) is 3.03. The summed E-state index contributed by atoms with van der Waals surface area (Å²) in [5.74, 6) is -0.437. The summed E-state index contributed by atoms with van der Waals surface area (Å²) >= 11 is 0. The molecule has 2 unspecified atom stereocenters. The molecule has 2 fully saturated rings.